The maximum Gasteiger partial charge on any atom is 0.378 e. The average Bonchev–Trinajstić information content (AvgIpc) is 3.18. The highest BCUT2D eigenvalue weighted by atomic mass is 16.5. The van der Waals surface area contributed by atoms with Gasteiger partial charge >= 0.3 is 5.97 Å². The van der Waals surface area contributed by atoms with Gasteiger partial charge in [0, 0.05) is 35.9 Å². The molecule has 0 bridgehead atoms. The normalized spacial score (nSPS) is 14.0. The van der Waals surface area contributed by atoms with Crippen molar-refractivity contribution in [3.8, 4) is 0 Å². The molecule has 30 heavy (non-hydrogen) atoms. The van der Waals surface area contributed by atoms with Gasteiger partial charge in [-0.05, 0) is 63.4 Å². The summed E-state index contributed by atoms with van der Waals surface area (Å²) in [6.45, 7) is 5.38. The molecule has 1 amide bonds. The lowest BCUT2D eigenvalue weighted by Crippen LogP contribution is -2.29. The molecule has 1 saturated heterocycles. The van der Waals surface area contributed by atoms with Crippen LogP contribution in [0.15, 0.2) is 30.3 Å². The van der Waals surface area contributed by atoms with Gasteiger partial charge in [0.1, 0.15) is 0 Å². The van der Waals surface area contributed by atoms with Crippen LogP contribution in [0.1, 0.15) is 41.3 Å². The molecular formula is C21H24N6O3. The summed E-state index contributed by atoms with van der Waals surface area (Å²) in [5.74, 6) is -1.01. The molecule has 0 radical (unpaired) electrons. The van der Waals surface area contributed by atoms with E-state index in [1.165, 1.54) is 23.8 Å². The summed E-state index contributed by atoms with van der Waals surface area (Å²) >= 11 is 0. The van der Waals surface area contributed by atoms with Crippen molar-refractivity contribution < 1.29 is 14.3 Å². The second kappa shape index (κ2) is 8.48. The summed E-state index contributed by atoms with van der Waals surface area (Å²) in [5.41, 5.74) is 3.38. The zero-order chi connectivity index (χ0) is 21.1. The Bertz CT molecular complexity index is 1070. The van der Waals surface area contributed by atoms with E-state index in [0.717, 1.165) is 30.2 Å². The van der Waals surface area contributed by atoms with Gasteiger partial charge in [0.25, 0.3) is 17.5 Å². The first-order chi connectivity index (χ1) is 14.5. The third-order valence-corrected chi connectivity index (χ3v) is 5.01. The zero-order valence-electron chi connectivity index (χ0n) is 17.1. The van der Waals surface area contributed by atoms with Gasteiger partial charge in [0.15, 0.2) is 6.61 Å². The van der Waals surface area contributed by atoms with Crippen LogP contribution in [0, 0.1) is 13.8 Å². The number of nitrogens with zero attached hydrogens (tertiary/aromatic N) is 5. The Balaban J connectivity index is 1.32. The maximum absolute atomic E-state index is 12.2. The number of carbonyl (C=O) groups excluding carboxylic acids is 2. The lowest BCUT2D eigenvalue weighted by atomic mass is 10.1. The predicted octanol–water partition coefficient (Wildman–Crippen LogP) is 2.53. The number of ether oxygens (including phenoxy) is 1. The molecule has 0 atom stereocenters. The van der Waals surface area contributed by atoms with E-state index in [0.29, 0.717) is 11.5 Å². The van der Waals surface area contributed by atoms with E-state index in [2.05, 4.69) is 25.3 Å². The average molecular weight is 408 g/mol. The lowest BCUT2D eigenvalue weighted by molar-refractivity contribution is -0.119. The summed E-state index contributed by atoms with van der Waals surface area (Å²) in [4.78, 5) is 35.0. The second-order valence-electron chi connectivity index (χ2n) is 7.41. The number of aromatic nitrogens is 4. The van der Waals surface area contributed by atoms with Gasteiger partial charge in [0.05, 0.1) is 0 Å². The number of amides is 1. The van der Waals surface area contributed by atoms with Crippen molar-refractivity contribution in [2.75, 3.05) is 29.9 Å². The summed E-state index contributed by atoms with van der Waals surface area (Å²) in [5, 5.41) is 6.83. The van der Waals surface area contributed by atoms with Gasteiger partial charge < -0.3 is 15.0 Å². The molecule has 1 aromatic carbocycles. The van der Waals surface area contributed by atoms with Crippen LogP contribution in [-0.2, 0) is 9.53 Å². The van der Waals surface area contributed by atoms with E-state index in [4.69, 9.17) is 4.74 Å². The third kappa shape index (κ3) is 4.40. The molecule has 3 aromatic rings. The Morgan fingerprint density at radius 1 is 1.07 bits per heavy atom. The summed E-state index contributed by atoms with van der Waals surface area (Å²) < 4.78 is 6.52. The first-order valence-electron chi connectivity index (χ1n) is 10.0. The number of carbonyl (C=O) groups is 2. The molecule has 0 spiro atoms. The highest BCUT2D eigenvalue weighted by Gasteiger charge is 2.18. The van der Waals surface area contributed by atoms with Crippen LogP contribution in [0.3, 0.4) is 0 Å². The first kappa shape index (κ1) is 19.8. The minimum atomic E-state index is -0.770. The van der Waals surface area contributed by atoms with E-state index >= 15 is 0 Å². The number of anilines is 2. The molecule has 9 heteroatoms. The molecule has 4 rings (SSSR count). The number of hydrogen-bond acceptors (Lipinski definition) is 7. The van der Waals surface area contributed by atoms with Gasteiger partial charge in [-0.25, -0.2) is 14.3 Å². The number of piperidine rings is 1. The highest BCUT2D eigenvalue weighted by molar-refractivity contribution is 5.94. The quantitative estimate of drug-likeness (QED) is 0.647. The zero-order valence-corrected chi connectivity index (χ0v) is 17.1. The number of esters is 1. The molecule has 1 fully saturated rings. The fraction of sp³-hybridized carbons (Fsp3) is 0.381. The van der Waals surface area contributed by atoms with Crippen LogP contribution in [0.5, 0.6) is 0 Å². The molecular weight excluding hydrogens is 384 g/mol. The van der Waals surface area contributed by atoms with Crippen molar-refractivity contribution in [2.24, 2.45) is 0 Å². The molecule has 1 N–H and O–H groups in total. The van der Waals surface area contributed by atoms with Crippen molar-refractivity contribution in [3.05, 3.63) is 47.5 Å². The monoisotopic (exact) mass is 408 g/mol. The van der Waals surface area contributed by atoms with Crippen LogP contribution in [-0.4, -0.2) is 51.2 Å². The number of benzene rings is 1. The fourth-order valence-corrected chi connectivity index (χ4v) is 3.55. The number of fused-ring (bicyclic) bond motifs is 1. The standard InChI is InChI=1S/C21H24N6O3/c1-14-12-15(2)27-21(22-14)24-19(25-27)20(29)30-13-18(28)23-16-6-8-17(9-7-16)26-10-4-3-5-11-26/h6-9,12H,3-5,10-11,13H2,1-2H3,(H,23,28). The van der Waals surface area contributed by atoms with Gasteiger partial charge in [0.2, 0.25) is 0 Å². The van der Waals surface area contributed by atoms with E-state index in [1.54, 1.807) is 0 Å². The Morgan fingerprint density at radius 3 is 2.53 bits per heavy atom. The van der Waals surface area contributed by atoms with Crippen molar-refractivity contribution in [1.82, 2.24) is 19.6 Å². The van der Waals surface area contributed by atoms with E-state index in [-0.39, 0.29) is 5.82 Å². The largest absolute Gasteiger partial charge is 0.450 e. The molecule has 0 unspecified atom stereocenters. The van der Waals surface area contributed by atoms with Gasteiger partial charge in [-0.3, -0.25) is 4.79 Å². The SMILES string of the molecule is Cc1cc(C)n2nc(C(=O)OCC(=O)Nc3ccc(N4CCCCC4)cc3)nc2n1. The smallest absolute Gasteiger partial charge is 0.378 e. The van der Waals surface area contributed by atoms with Gasteiger partial charge in [-0.15, -0.1) is 5.10 Å². The molecule has 0 aliphatic carbocycles. The van der Waals surface area contributed by atoms with Crippen molar-refractivity contribution in [2.45, 2.75) is 33.1 Å². The Kier molecular flexibility index (Phi) is 5.60. The second-order valence-corrected chi connectivity index (χ2v) is 7.41. The molecule has 1 aliphatic rings. The summed E-state index contributed by atoms with van der Waals surface area (Å²) in [6.07, 6.45) is 3.70. The molecule has 1 aliphatic heterocycles. The maximum atomic E-state index is 12.2. The first-order valence-corrected chi connectivity index (χ1v) is 10.0. The predicted molar refractivity (Wildman–Crippen MR) is 112 cm³/mol. The molecule has 3 heterocycles. The third-order valence-electron chi connectivity index (χ3n) is 5.01. The lowest BCUT2D eigenvalue weighted by Gasteiger charge is -2.28. The number of rotatable bonds is 5. The van der Waals surface area contributed by atoms with Crippen LogP contribution in [0.4, 0.5) is 11.4 Å². The Labute approximate surface area is 174 Å². The molecule has 2 aromatic heterocycles. The van der Waals surface area contributed by atoms with Crippen LogP contribution in [0.2, 0.25) is 0 Å². The number of nitrogens with one attached hydrogen (secondary N) is 1. The van der Waals surface area contributed by atoms with Crippen molar-refractivity contribution in [3.63, 3.8) is 0 Å². The van der Waals surface area contributed by atoms with Crippen LogP contribution >= 0.6 is 0 Å². The summed E-state index contributed by atoms with van der Waals surface area (Å²) in [7, 11) is 0. The minimum absolute atomic E-state index is 0.130. The van der Waals surface area contributed by atoms with Crippen LogP contribution < -0.4 is 10.2 Å². The van der Waals surface area contributed by atoms with E-state index < -0.39 is 18.5 Å². The van der Waals surface area contributed by atoms with E-state index in [1.807, 2.05) is 44.2 Å². The number of hydrogen-bond donors (Lipinski definition) is 1. The van der Waals surface area contributed by atoms with Crippen molar-refractivity contribution >= 4 is 29.0 Å². The van der Waals surface area contributed by atoms with E-state index in [9.17, 15) is 9.59 Å². The van der Waals surface area contributed by atoms with Crippen LogP contribution in [0.25, 0.3) is 5.78 Å². The molecule has 156 valence electrons. The Hall–Kier alpha value is -3.49. The highest BCUT2D eigenvalue weighted by Crippen LogP contribution is 2.21. The van der Waals surface area contributed by atoms with Gasteiger partial charge in [-0.2, -0.15) is 4.98 Å². The van der Waals surface area contributed by atoms with Crippen molar-refractivity contribution in [1.29, 1.82) is 0 Å². The molecule has 0 saturated carbocycles. The Morgan fingerprint density at radius 2 is 1.80 bits per heavy atom. The fourth-order valence-electron chi connectivity index (χ4n) is 3.55. The summed E-state index contributed by atoms with van der Waals surface area (Å²) in [6, 6.07) is 9.52. The minimum Gasteiger partial charge on any atom is -0.450 e. The number of aryl methyl sites for hydroxylation is 2. The topological polar surface area (TPSA) is 102 Å². The molecule has 9 nitrogen and oxygen atoms in total. The van der Waals surface area contributed by atoms with Gasteiger partial charge in [-0.1, -0.05) is 0 Å².